The van der Waals surface area contributed by atoms with Gasteiger partial charge < -0.3 is 14.2 Å². The van der Waals surface area contributed by atoms with Gasteiger partial charge in [0.05, 0.1) is 6.10 Å². The molecule has 0 radical (unpaired) electrons. The topological polar surface area (TPSA) is 27.7 Å². The van der Waals surface area contributed by atoms with Crippen molar-refractivity contribution in [2.45, 2.75) is 35.6 Å². The van der Waals surface area contributed by atoms with Crippen molar-refractivity contribution in [2.24, 2.45) is 5.92 Å². The molecule has 0 aliphatic heterocycles. The van der Waals surface area contributed by atoms with E-state index in [1.54, 1.807) is 21.3 Å². The molecule has 14 heavy (non-hydrogen) atoms. The first-order valence-electron chi connectivity index (χ1n) is 4.95. The fraction of sp³-hybridized carbons (Fsp3) is 1.00. The summed E-state index contributed by atoms with van der Waals surface area (Å²) in [7, 11) is 5.18. The number of hydrogen-bond acceptors (Lipinski definition) is 3. The molecular weight excluding hydrogens is 295 g/mol. The van der Waals surface area contributed by atoms with Crippen LogP contribution in [-0.4, -0.2) is 37.6 Å². The highest BCUT2D eigenvalue weighted by Crippen LogP contribution is 2.37. The van der Waals surface area contributed by atoms with Crippen molar-refractivity contribution in [1.82, 2.24) is 0 Å². The van der Waals surface area contributed by atoms with E-state index in [1.807, 2.05) is 0 Å². The summed E-state index contributed by atoms with van der Waals surface area (Å²) >= 11 is 2.49. The predicted molar refractivity (Wildman–Crippen MR) is 63.8 cm³/mol. The third-order valence-electron chi connectivity index (χ3n) is 2.95. The predicted octanol–water partition coefficient (Wildman–Crippen LogP) is 2.22. The van der Waals surface area contributed by atoms with Gasteiger partial charge >= 0.3 is 0 Å². The van der Waals surface area contributed by atoms with Gasteiger partial charge in [0.1, 0.15) is 0 Å². The molecule has 0 aromatic heterocycles. The second-order valence-corrected chi connectivity index (χ2v) is 5.13. The second-order valence-electron chi connectivity index (χ2n) is 3.69. The Hall–Kier alpha value is 0.610. The summed E-state index contributed by atoms with van der Waals surface area (Å²) in [4.78, 5) is 0. The van der Waals surface area contributed by atoms with Gasteiger partial charge in [0, 0.05) is 31.7 Å². The largest absolute Gasteiger partial charge is 0.380 e. The Morgan fingerprint density at radius 2 is 1.86 bits per heavy atom. The van der Waals surface area contributed by atoms with E-state index in [4.69, 9.17) is 14.2 Å². The Balaban J connectivity index is 2.38. The van der Waals surface area contributed by atoms with E-state index in [9.17, 15) is 0 Å². The molecule has 0 bridgehead atoms. The first kappa shape index (κ1) is 12.7. The average molecular weight is 314 g/mol. The van der Waals surface area contributed by atoms with Gasteiger partial charge in [0.15, 0.2) is 6.29 Å². The molecule has 3 atom stereocenters. The van der Waals surface area contributed by atoms with Crippen LogP contribution in [0.5, 0.6) is 0 Å². The van der Waals surface area contributed by atoms with E-state index >= 15 is 0 Å². The first-order chi connectivity index (χ1) is 6.72. The van der Waals surface area contributed by atoms with Gasteiger partial charge in [0.25, 0.3) is 0 Å². The zero-order valence-corrected chi connectivity index (χ0v) is 11.2. The third-order valence-corrected chi connectivity index (χ3v) is 4.77. The van der Waals surface area contributed by atoms with Crippen LogP contribution in [0.15, 0.2) is 0 Å². The lowest BCUT2D eigenvalue weighted by Crippen LogP contribution is -2.25. The van der Waals surface area contributed by atoms with E-state index < -0.39 is 0 Å². The Kier molecular flexibility index (Phi) is 5.66. The molecule has 0 heterocycles. The lowest BCUT2D eigenvalue weighted by molar-refractivity contribution is -0.113. The fourth-order valence-electron chi connectivity index (χ4n) is 2.03. The Labute approximate surface area is 99.6 Å². The van der Waals surface area contributed by atoms with Gasteiger partial charge in [-0.05, 0) is 18.8 Å². The molecule has 3 unspecified atom stereocenters. The van der Waals surface area contributed by atoms with Crippen LogP contribution >= 0.6 is 22.6 Å². The number of halogens is 1. The molecule has 0 aromatic carbocycles. The summed E-state index contributed by atoms with van der Waals surface area (Å²) < 4.78 is 16.4. The highest BCUT2D eigenvalue weighted by atomic mass is 127. The van der Waals surface area contributed by atoms with Crippen LogP contribution in [0.4, 0.5) is 0 Å². The van der Waals surface area contributed by atoms with Gasteiger partial charge in [0.2, 0.25) is 0 Å². The monoisotopic (exact) mass is 314 g/mol. The number of methoxy groups -OCH3 is 3. The highest BCUT2D eigenvalue weighted by molar-refractivity contribution is 14.1. The SMILES string of the molecule is COC(CC1CCC(OC)C1I)OC. The molecule has 1 rings (SSSR count). The number of alkyl halides is 1. The normalized spacial score (nSPS) is 32.8. The lowest BCUT2D eigenvalue weighted by Gasteiger charge is -2.21. The molecule has 1 fully saturated rings. The fourth-order valence-corrected chi connectivity index (χ4v) is 3.34. The zero-order valence-electron chi connectivity index (χ0n) is 9.03. The van der Waals surface area contributed by atoms with Crippen molar-refractivity contribution in [3.8, 4) is 0 Å². The van der Waals surface area contributed by atoms with E-state index in [0.29, 0.717) is 15.9 Å². The molecule has 0 N–H and O–H groups in total. The van der Waals surface area contributed by atoms with Crippen LogP contribution in [0.25, 0.3) is 0 Å². The van der Waals surface area contributed by atoms with Crippen molar-refractivity contribution < 1.29 is 14.2 Å². The maximum absolute atomic E-state index is 5.41. The molecule has 84 valence electrons. The zero-order chi connectivity index (χ0) is 10.6. The smallest absolute Gasteiger partial charge is 0.157 e. The van der Waals surface area contributed by atoms with E-state index in [0.717, 1.165) is 12.8 Å². The molecule has 1 aliphatic carbocycles. The third kappa shape index (κ3) is 3.05. The standard InChI is InChI=1S/C10H19IO3/c1-12-8-5-4-7(10(8)11)6-9(13-2)14-3/h7-10H,4-6H2,1-3H3. The summed E-state index contributed by atoms with van der Waals surface area (Å²) in [6.45, 7) is 0. The Morgan fingerprint density at radius 3 is 2.29 bits per heavy atom. The van der Waals surface area contributed by atoms with Crippen LogP contribution in [0, 0.1) is 5.92 Å². The van der Waals surface area contributed by atoms with Crippen molar-refractivity contribution in [2.75, 3.05) is 21.3 Å². The molecular formula is C10H19IO3. The Bertz CT molecular complexity index is 161. The molecule has 0 aromatic rings. The van der Waals surface area contributed by atoms with Crippen molar-refractivity contribution in [1.29, 1.82) is 0 Å². The van der Waals surface area contributed by atoms with E-state index in [1.165, 1.54) is 6.42 Å². The van der Waals surface area contributed by atoms with Gasteiger partial charge in [-0.3, -0.25) is 0 Å². The summed E-state index contributed by atoms with van der Waals surface area (Å²) in [5.41, 5.74) is 0. The van der Waals surface area contributed by atoms with E-state index in [-0.39, 0.29) is 6.29 Å². The quantitative estimate of drug-likeness (QED) is 0.442. The maximum Gasteiger partial charge on any atom is 0.157 e. The molecule has 0 spiro atoms. The van der Waals surface area contributed by atoms with Crippen LogP contribution in [0.1, 0.15) is 19.3 Å². The van der Waals surface area contributed by atoms with Crippen molar-refractivity contribution in [3.05, 3.63) is 0 Å². The molecule has 1 saturated carbocycles. The average Bonchev–Trinajstić information content (AvgIpc) is 2.56. The van der Waals surface area contributed by atoms with Gasteiger partial charge in [-0.2, -0.15) is 0 Å². The van der Waals surface area contributed by atoms with Crippen LogP contribution in [0.3, 0.4) is 0 Å². The molecule has 0 amide bonds. The second kappa shape index (κ2) is 6.25. The maximum atomic E-state index is 5.41. The van der Waals surface area contributed by atoms with Gasteiger partial charge in [-0.15, -0.1) is 0 Å². The van der Waals surface area contributed by atoms with Crippen LogP contribution in [-0.2, 0) is 14.2 Å². The number of hydrogen-bond donors (Lipinski definition) is 0. The highest BCUT2D eigenvalue weighted by Gasteiger charge is 2.35. The van der Waals surface area contributed by atoms with Crippen molar-refractivity contribution >= 4 is 22.6 Å². The number of rotatable bonds is 5. The molecule has 4 heteroatoms. The summed E-state index contributed by atoms with van der Waals surface area (Å²) in [6.07, 6.45) is 3.70. The molecule has 1 aliphatic rings. The Morgan fingerprint density at radius 1 is 1.21 bits per heavy atom. The van der Waals surface area contributed by atoms with E-state index in [2.05, 4.69) is 22.6 Å². The summed E-state index contributed by atoms with van der Waals surface area (Å²) in [5, 5.41) is 0. The lowest BCUT2D eigenvalue weighted by atomic mass is 10.0. The summed E-state index contributed by atoms with van der Waals surface area (Å²) in [6, 6.07) is 0. The van der Waals surface area contributed by atoms with Gasteiger partial charge in [-0.25, -0.2) is 0 Å². The minimum absolute atomic E-state index is 0.0622. The summed E-state index contributed by atoms with van der Waals surface area (Å²) in [5.74, 6) is 0.658. The minimum Gasteiger partial charge on any atom is -0.380 e. The minimum atomic E-state index is -0.0622. The molecule has 3 nitrogen and oxygen atoms in total. The first-order valence-corrected chi connectivity index (χ1v) is 6.20. The van der Waals surface area contributed by atoms with Crippen molar-refractivity contribution in [3.63, 3.8) is 0 Å². The number of ether oxygens (including phenoxy) is 3. The van der Waals surface area contributed by atoms with Crippen LogP contribution in [0.2, 0.25) is 0 Å². The van der Waals surface area contributed by atoms with Crippen LogP contribution < -0.4 is 0 Å². The van der Waals surface area contributed by atoms with Gasteiger partial charge in [-0.1, -0.05) is 22.6 Å². The molecule has 0 saturated heterocycles.